The van der Waals surface area contributed by atoms with Crippen molar-refractivity contribution in [3.05, 3.63) is 36.2 Å². The van der Waals surface area contributed by atoms with Crippen LogP contribution in [0.4, 0.5) is 0 Å². The molecule has 11 heavy (non-hydrogen) atoms. The number of aromatic nitrogens is 1. The first-order chi connectivity index (χ1) is 5.38. The van der Waals surface area contributed by atoms with Crippen LogP contribution in [-0.2, 0) is 0 Å². The molecule has 2 heteroatoms. The van der Waals surface area contributed by atoms with E-state index in [1.165, 1.54) is 0 Å². The number of nitrogens with zero attached hydrogens (tertiary/aromatic N) is 2. The van der Waals surface area contributed by atoms with Crippen molar-refractivity contribution in [2.24, 2.45) is 0 Å². The van der Waals surface area contributed by atoms with Gasteiger partial charge in [0.15, 0.2) is 0 Å². The molecule has 0 aromatic carbocycles. The summed E-state index contributed by atoms with van der Waals surface area (Å²) in [4.78, 5) is 4.03. The van der Waals surface area contributed by atoms with Crippen molar-refractivity contribution in [2.75, 3.05) is 0 Å². The maximum atomic E-state index is 8.62. The van der Waals surface area contributed by atoms with Crippen LogP contribution >= 0.6 is 0 Å². The maximum Gasteiger partial charge on any atom is 0.101 e. The SMILES string of the molecule is C/C=C(/C#N)c1ccccn1. The molecule has 0 aliphatic heterocycles. The molecule has 0 N–H and O–H groups in total. The van der Waals surface area contributed by atoms with Gasteiger partial charge >= 0.3 is 0 Å². The standard InChI is InChI=1S/C9H8N2/c1-2-8(7-10)9-5-3-4-6-11-9/h2-6H,1H3/b8-2-. The van der Waals surface area contributed by atoms with E-state index in [1.54, 1.807) is 12.3 Å². The molecule has 0 amide bonds. The van der Waals surface area contributed by atoms with Gasteiger partial charge in [-0.3, -0.25) is 4.98 Å². The van der Waals surface area contributed by atoms with E-state index in [0.29, 0.717) is 5.57 Å². The van der Waals surface area contributed by atoms with E-state index in [9.17, 15) is 0 Å². The van der Waals surface area contributed by atoms with Gasteiger partial charge in [0, 0.05) is 6.20 Å². The lowest BCUT2D eigenvalue weighted by molar-refractivity contribution is 1.28. The number of allylic oxidation sites excluding steroid dienone is 2. The Morgan fingerprint density at radius 2 is 2.45 bits per heavy atom. The summed E-state index contributed by atoms with van der Waals surface area (Å²) in [5.74, 6) is 0. The molecule has 1 aromatic heterocycles. The van der Waals surface area contributed by atoms with Crippen molar-refractivity contribution < 1.29 is 0 Å². The Hall–Kier alpha value is -1.62. The summed E-state index contributed by atoms with van der Waals surface area (Å²) in [6, 6.07) is 7.58. The van der Waals surface area contributed by atoms with E-state index < -0.39 is 0 Å². The fourth-order valence-corrected chi connectivity index (χ4v) is 0.792. The van der Waals surface area contributed by atoms with Gasteiger partial charge in [-0.05, 0) is 19.1 Å². The fraction of sp³-hybridized carbons (Fsp3) is 0.111. The molecule has 0 fully saturated rings. The van der Waals surface area contributed by atoms with E-state index in [4.69, 9.17) is 5.26 Å². The first-order valence-corrected chi connectivity index (χ1v) is 3.36. The first-order valence-electron chi connectivity index (χ1n) is 3.36. The number of rotatable bonds is 1. The second-order valence-electron chi connectivity index (χ2n) is 2.03. The van der Waals surface area contributed by atoms with Crippen LogP contribution in [0.3, 0.4) is 0 Å². The summed E-state index contributed by atoms with van der Waals surface area (Å²) in [5.41, 5.74) is 1.35. The second kappa shape index (κ2) is 3.52. The van der Waals surface area contributed by atoms with Gasteiger partial charge in [0.2, 0.25) is 0 Å². The van der Waals surface area contributed by atoms with E-state index in [2.05, 4.69) is 11.1 Å². The van der Waals surface area contributed by atoms with E-state index in [-0.39, 0.29) is 0 Å². The van der Waals surface area contributed by atoms with Gasteiger partial charge in [0.05, 0.1) is 11.3 Å². The first kappa shape index (κ1) is 7.49. The lowest BCUT2D eigenvalue weighted by Gasteiger charge is -1.93. The molecule has 1 heterocycles. The molecule has 54 valence electrons. The molecule has 1 aromatic rings. The number of hydrogen-bond donors (Lipinski definition) is 0. The highest BCUT2D eigenvalue weighted by Crippen LogP contribution is 2.07. The topological polar surface area (TPSA) is 36.7 Å². The monoisotopic (exact) mass is 144 g/mol. The van der Waals surface area contributed by atoms with Crippen LogP contribution in [0.25, 0.3) is 5.57 Å². The van der Waals surface area contributed by atoms with E-state index in [0.717, 1.165) is 5.69 Å². The van der Waals surface area contributed by atoms with Crippen LogP contribution in [-0.4, -0.2) is 4.98 Å². The third kappa shape index (κ3) is 1.65. The number of pyridine rings is 1. The van der Waals surface area contributed by atoms with Crippen molar-refractivity contribution in [3.8, 4) is 6.07 Å². The molecule has 0 bridgehead atoms. The average molecular weight is 144 g/mol. The van der Waals surface area contributed by atoms with Gasteiger partial charge in [0.25, 0.3) is 0 Å². The molecular weight excluding hydrogens is 136 g/mol. The zero-order chi connectivity index (χ0) is 8.10. The van der Waals surface area contributed by atoms with Crippen molar-refractivity contribution in [2.45, 2.75) is 6.92 Å². The van der Waals surface area contributed by atoms with Crippen LogP contribution < -0.4 is 0 Å². The summed E-state index contributed by atoms with van der Waals surface area (Å²) in [5, 5.41) is 8.62. The highest BCUT2D eigenvalue weighted by Gasteiger charge is 1.96. The minimum atomic E-state index is 0.616. The van der Waals surface area contributed by atoms with Gasteiger partial charge in [-0.25, -0.2) is 0 Å². The van der Waals surface area contributed by atoms with Crippen LogP contribution in [0, 0.1) is 11.3 Å². The molecule has 0 unspecified atom stereocenters. The summed E-state index contributed by atoms with van der Waals surface area (Å²) in [7, 11) is 0. The highest BCUT2D eigenvalue weighted by molar-refractivity contribution is 5.73. The van der Waals surface area contributed by atoms with Gasteiger partial charge in [0.1, 0.15) is 6.07 Å². The largest absolute Gasteiger partial charge is 0.256 e. The maximum absolute atomic E-state index is 8.62. The molecule has 0 aliphatic rings. The van der Waals surface area contributed by atoms with Gasteiger partial charge in [-0.15, -0.1) is 0 Å². The zero-order valence-electron chi connectivity index (χ0n) is 6.28. The van der Waals surface area contributed by atoms with Crippen LogP contribution in [0.5, 0.6) is 0 Å². The minimum absolute atomic E-state index is 0.616. The molecule has 0 saturated heterocycles. The Bertz CT molecular complexity index is 293. The highest BCUT2D eigenvalue weighted by atomic mass is 14.7. The quantitative estimate of drug-likeness (QED) is 0.565. The number of hydrogen-bond acceptors (Lipinski definition) is 2. The lowest BCUT2D eigenvalue weighted by Crippen LogP contribution is -1.83. The molecular formula is C9H8N2. The predicted molar refractivity (Wildman–Crippen MR) is 43.5 cm³/mol. The molecule has 0 spiro atoms. The molecule has 2 nitrogen and oxygen atoms in total. The van der Waals surface area contributed by atoms with Crippen LogP contribution in [0.1, 0.15) is 12.6 Å². The van der Waals surface area contributed by atoms with E-state index >= 15 is 0 Å². The Balaban J connectivity index is 3.05. The third-order valence-corrected chi connectivity index (χ3v) is 1.35. The summed E-state index contributed by atoms with van der Waals surface area (Å²) in [6.45, 7) is 1.83. The summed E-state index contributed by atoms with van der Waals surface area (Å²) in [6.07, 6.45) is 3.43. The smallest absolute Gasteiger partial charge is 0.101 e. The molecule has 0 aliphatic carbocycles. The minimum Gasteiger partial charge on any atom is -0.256 e. The summed E-state index contributed by atoms with van der Waals surface area (Å²) < 4.78 is 0. The van der Waals surface area contributed by atoms with Crippen LogP contribution in [0.2, 0.25) is 0 Å². The van der Waals surface area contributed by atoms with Gasteiger partial charge < -0.3 is 0 Å². The van der Waals surface area contributed by atoms with Crippen molar-refractivity contribution in [3.63, 3.8) is 0 Å². The van der Waals surface area contributed by atoms with Crippen molar-refractivity contribution in [1.29, 1.82) is 5.26 Å². The fourth-order valence-electron chi connectivity index (χ4n) is 0.792. The Labute approximate surface area is 65.8 Å². The lowest BCUT2D eigenvalue weighted by atomic mass is 10.2. The number of nitriles is 1. The Kier molecular flexibility index (Phi) is 2.40. The predicted octanol–water partition coefficient (Wildman–Crippen LogP) is 2.01. The second-order valence-corrected chi connectivity index (χ2v) is 2.03. The third-order valence-electron chi connectivity index (χ3n) is 1.35. The molecule has 0 radical (unpaired) electrons. The van der Waals surface area contributed by atoms with E-state index in [1.807, 2.05) is 25.1 Å². The average Bonchev–Trinajstić information content (AvgIpc) is 2.09. The molecule has 0 saturated carbocycles. The van der Waals surface area contributed by atoms with Gasteiger partial charge in [-0.2, -0.15) is 5.26 Å². The Morgan fingerprint density at radius 1 is 1.64 bits per heavy atom. The summed E-state index contributed by atoms with van der Waals surface area (Å²) >= 11 is 0. The van der Waals surface area contributed by atoms with Gasteiger partial charge in [-0.1, -0.05) is 12.1 Å². The molecule has 1 rings (SSSR count). The normalized spacial score (nSPS) is 10.7. The zero-order valence-corrected chi connectivity index (χ0v) is 6.28. The van der Waals surface area contributed by atoms with Crippen LogP contribution in [0.15, 0.2) is 30.5 Å². The van der Waals surface area contributed by atoms with Crippen molar-refractivity contribution in [1.82, 2.24) is 4.98 Å². The Morgan fingerprint density at radius 3 is 2.91 bits per heavy atom. The van der Waals surface area contributed by atoms with Crippen molar-refractivity contribution >= 4 is 5.57 Å². The molecule has 0 atom stereocenters.